The zero-order chi connectivity index (χ0) is 19.0. The van der Waals surface area contributed by atoms with Crippen LogP contribution in [0.1, 0.15) is 35.0 Å². The third-order valence-corrected chi connectivity index (χ3v) is 4.98. The van der Waals surface area contributed by atoms with Crippen LogP contribution < -0.4 is 11.2 Å². The van der Waals surface area contributed by atoms with Crippen LogP contribution in [0.15, 0.2) is 15.8 Å². The molecule has 3 heterocycles. The fourth-order valence-electron chi connectivity index (χ4n) is 3.41. The molecule has 1 aliphatic rings. The van der Waals surface area contributed by atoms with Crippen molar-refractivity contribution in [2.45, 2.75) is 45.8 Å². The number of carbonyl (C=O) groups excluding carboxylic acids is 1. The summed E-state index contributed by atoms with van der Waals surface area (Å²) in [6, 6.07) is -0.570. The number of amides is 1. The number of hydrogen-bond donors (Lipinski definition) is 3. The lowest BCUT2D eigenvalue weighted by atomic mass is 10.1. The zero-order valence-corrected chi connectivity index (χ0v) is 15.1. The van der Waals surface area contributed by atoms with E-state index in [-0.39, 0.29) is 19.0 Å². The maximum atomic E-state index is 12.5. The van der Waals surface area contributed by atoms with Gasteiger partial charge in [-0.05, 0) is 32.8 Å². The van der Waals surface area contributed by atoms with Gasteiger partial charge in [-0.1, -0.05) is 0 Å². The number of aromatic nitrogens is 4. The third-order valence-electron chi connectivity index (χ3n) is 4.98. The van der Waals surface area contributed by atoms with E-state index in [2.05, 4.69) is 15.2 Å². The Morgan fingerprint density at radius 2 is 2.04 bits per heavy atom. The number of β-amino-alcohol motifs (C(OH)–C–C–N with tert-alkyl or cyclic N) is 1. The Morgan fingerprint density at radius 1 is 1.31 bits per heavy atom. The van der Waals surface area contributed by atoms with Crippen LogP contribution in [-0.4, -0.2) is 54.9 Å². The minimum atomic E-state index is -0.862. The van der Waals surface area contributed by atoms with E-state index >= 15 is 0 Å². The Kier molecular flexibility index (Phi) is 4.82. The van der Waals surface area contributed by atoms with Crippen molar-refractivity contribution in [1.29, 1.82) is 0 Å². The van der Waals surface area contributed by atoms with Gasteiger partial charge in [-0.3, -0.25) is 24.2 Å². The third kappa shape index (κ3) is 3.34. The smallest absolute Gasteiger partial charge is 0.328 e. The summed E-state index contributed by atoms with van der Waals surface area (Å²) in [5.41, 5.74) is 2.21. The number of aliphatic hydroxyl groups is 1. The highest BCUT2D eigenvalue weighted by molar-refractivity contribution is 5.77. The van der Waals surface area contributed by atoms with Crippen molar-refractivity contribution in [2.24, 2.45) is 0 Å². The summed E-state index contributed by atoms with van der Waals surface area (Å²) in [4.78, 5) is 39.9. The average Bonchev–Trinajstić information content (AvgIpc) is 3.12. The summed E-state index contributed by atoms with van der Waals surface area (Å²) in [7, 11) is 0. The van der Waals surface area contributed by atoms with Gasteiger partial charge in [0.2, 0.25) is 5.91 Å². The molecule has 3 N–H and O–H groups in total. The molecule has 0 spiro atoms. The highest BCUT2D eigenvalue weighted by atomic mass is 16.3. The second-order valence-corrected chi connectivity index (χ2v) is 6.82. The lowest BCUT2D eigenvalue weighted by molar-refractivity contribution is -0.130. The van der Waals surface area contributed by atoms with Gasteiger partial charge in [0.25, 0.3) is 5.56 Å². The minimum absolute atomic E-state index is 0.0826. The normalized spacial score (nSPS) is 19.9. The molecule has 0 radical (unpaired) electrons. The van der Waals surface area contributed by atoms with E-state index in [0.717, 1.165) is 17.0 Å². The van der Waals surface area contributed by atoms with Gasteiger partial charge in [-0.25, -0.2) is 4.79 Å². The topological polar surface area (TPSA) is 124 Å². The van der Waals surface area contributed by atoms with Crippen LogP contribution >= 0.6 is 0 Å². The highest BCUT2D eigenvalue weighted by Gasteiger charge is 2.35. The molecule has 0 unspecified atom stereocenters. The fourth-order valence-corrected chi connectivity index (χ4v) is 3.41. The van der Waals surface area contributed by atoms with E-state index in [1.807, 2.05) is 13.8 Å². The molecule has 0 saturated carbocycles. The second kappa shape index (κ2) is 6.91. The fraction of sp³-hybridized carbons (Fsp3) is 0.529. The van der Waals surface area contributed by atoms with Crippen molar-refractivity contribution in [3.8, 4) is 0 Å². The van der Waals surface area contributed by atoms with Crippen molar-refractivity contribution in [1.82, 2.24) is 24.6 Å². The van der Waals surface area contributed by atoms with Gasteiger partial charge in [0, 0.05) is 37.0 Å². The number of aryl methyl sites for hydroxylation is 3. The van der Waals surface area contributed by atoms with Crippen LogP contribution in [0.2, 0.25) is 0 Å². The number of aliphatic hydroxyl groups excluding tert-OH is 1. The van der Waals surface area contributed by atoms with Crippen LogP contribution in [0.25, 0.3) is 0 Å². The number of likely N-dealkylation sites (tertiary alicyclic amines) is 1. The van der Waals surface area contributed by atoms with E-state index in [9.17, 15) is 19.5 Å². The molecular formula is C17H23N5O4. The lowest BCUT2D eigenvalue weighted by Gasteiger charge is -2.18. The Morgan fingerprint density at radius 3 is 2.69 bits per heavy atom. The van der Waals surface area contributed by atoms with Crippen LogP contribution in [0.5, 0.6) is 0 Å². The summed E-state index contributed by atoms with van der Waals surface area (Å²) < 4.78 is 1.30. The monoisotopic (exact) mass is 361 g/mol. The van der Waals surface area contributed by atoms with Gasteiger partial charge in [-0.15, -0.1) is 0 Å². The van der Waals surface area contributed by atoms with E-state index in [1.54, 1.807) is 11.8 Å². The van der Waals surface area contributed by atoms with Gasteiger partial charge < -0.3 is 10.0 Å². The van der Waals surface area contributed by atoms with Crippen molar-refractivity contribution in [3.63, 3.8) is 0 Å². The molecule has 1 saturated heterocycles. The largest absolute Gasteiger partial charge is 0.389 e. The second-order valence-electron chi connectivity index (χ2n) is 6.82. The molecule has 9 nitrogen and oxygen atoms in total. The van der Waals surface area contributed by atoms with Crippen molar-refractivity contribution in [2.75, 3.05) is 13.1 Å². The molecule has 1 fully saturated rings. The molecule has 140 valence electrons. The molecule has 0 aromatic carbocycles. The first-order chi connectivity index (χ1) is 12.3. The molecule has 1 amide bonds. The molecule has 0 bridgehead atoms. The zero-order valence-electron chi connectivity index (χ0n) is 15.1. The number of rotatable bonds is 4. The first-order valence-electron chi connectivity index (χ1n) is 8.56. The summed E-state index contributed by atoms with van der Waals surface area (Å²) >= 11 is 0. The van der Waals surface area contributed by atoms with Crippen molar-refractivity contribution in [3.05, 3.63) is 49.5 Å². The molecule has 9 heteroatoms. The summed E-state index contributed by atoms with van der Waals surface area (Å²) in [5, 5.41) is 17.3. The highest BCUT2D eigenvalue weighted by Crippen LogP contribution is 2.22. The lowest BCUT2D eigenvalue weighted by Crippen LogP contribution is -2.37. The Labute approximate surface area is 149 Å². The van der Waals surface area contributed by atoms with E-state index in [0.29, 0.717) is 18.4 Å². The maximum absolute atomic E-state index is 12.5. The number of H-pyrrole nitrogens is 2. The van der Waals surface area contributed by atoms with Crippen LogP contribution in [-0.2, 0) is 11.2 Å². The van der Waals surface area contributed by atoms with Crippen LogP contribution in [0.4, 0.5) is 0 Å². The molecule has 2 aromatic rings. The SMILES string of the molecule is Cc1n[nH]c(C)c1CCC(=O)N1C[C@@H](O)[C@H](n2cc(C)c(=O)[nH]c2=O)C1. The molecule has 2 aromatic heterocycles. The molecule has 3 rings (SSSR count). The van der Waals surface area contributed by atoms with Crippen LogP contribution in [0, 0.1) is 20.8 Å². The first-order valence-corrected chi connectivity index (χ1v) is 8.56. The molecule has 1 aliphatic heterocycles. The van der Waals surface area contributed by atoms with E-state index in [4.69, 9.17) is 0 Å². The summed E-state index contributed by atoms with van der Waals surface area (Å²) in [6.45, 7) is 5.80. The standard InChI is InChI=1S/C17H23N5O4/c1-9-6-22(17(26)18-16(9)25)13-7-21(8-14(13)23)15(24)5-4-12-10(2)19-20-11(12)3/h6,13-14,23H,4-5,7-8H2,1-3H3,(H,19,20)(H,18,25,26)/t13-,14-/m1/s1. The maximum Gasteiger partial charge on any atom is 0.328 e. The quantitative estimate of drug-likeness (QED) is 0.681. The van der Waals surface area contributed by atoms with Crippen LogP contribution in [0.3, 0.4) is 0 Å². The Hall–Kier alpha value is -2.68. The minimum Gasteiger partial charge on any atom is -0.389 e. The number of nitrogens with one attached hydrogen (secondary N) is 2. The van der Waals surface area contributed by atoms with E-state index < -0.39 is 23.4 Å². The van der Waals surface area contributed by atoms with Gasteiger partial charge in [0.05, 0.1) is 17.8 Å². The predicted octanol–water partition coefficient (Wildman–Crippen LogP) is -0.438. The number of hydrogen-bond acceptors (Lipinski definition) is 5. The van der Waals surface area contributed by atoms with Gasteiger partial charge in [0.15, 0.2) is 0 Å². The van der Waals surface area contributed by atoms with Gasteiger partial charge in [0.1, 0.15) is 0 Å². The summed E-state index contributed by atoms with van der Waals surface area (Å²) in [5.74, 6) is -0.0826. The van der Waals surface area contributed by atoms with Crippen molar-refractivity contribution < 1.29 is 9.90 Å². The Bertz CT molecular complexity index is 922. The summed E-state index contributed by atoms with van der Waals surface area (Å²) in [6.07, 6.45) is 1.45. The average molecular weight is 361 g/mol. The predicted molar refractivity (Wildman–Crippen MR) is 94.1 cm³/mol. The molecular weight excluding hydrogens is 338 g/mol. The Balaban J connectivity index is 1.70. The van der Waals surface area contributed by atoms with Crippen molar-refractivity contribution >= 4 is 5.91 Å². The van der Waals surface area contributed by atoms with E-state index in [1.165, 1.54) is 10.8 Å². The molecule has 2 atom stereocenters. The number of aromatic amines is 2. The molecule has 0 aliphatic carbocycles. The van der Waals surface area contributed by atoms with Gasteiger partial charge >= 0.3 is 5.69 Å². The first kappa shape index (κ1) is 18.1. The number of nitrogens with zero attached hydrogens (tertiary/aromatic N) is 3. The number of carbonyl (C=O) groups is 1. The molecule has 26 heavy (non-hydrogen) atoms. The van der Waals surface area contributed by atoms with Gasteiger partial charge in [-0.2, -0.15) is 5.10 Å².